The molecule has 3 aliphatic heterocycles. The normalized spacial score (nSPS) is 27.4. The number of halogens is 2. The Bertz CT molecular complexity index is 1180. The molecule has 3 saturated heterocycles. The number of thioether (sulfide) groups is 1. The first-order valence-corrected chi connectivity index (χ1v) is 14.7. The molecule has 4 fully saturated rings. The van der Waals surface area contributed by atoms with Crippen molar-refractivity contribution in [3.63, 3.8) is 0 Å². The van der Waals surface area contributed by atoms with Crippen LogP contribution in [0.3, 0.4) is 0 Å². The van der Waals surface area contributed by atoms with Crippen LogP contribution < -0.4 is 12.4 Å². The summed E-state index contributed by atoms with van der Waals surface area (Å²) in [6.07, 6.45) is 7.91. The monoisotopic (exact) mass is 559 g/mol. The summed E-state index contributed by atoms with van der Waals surface area (Å²) in [7, 11) is 0. The number of rotatable bonds is 7. The van der Waals surface area contributed by atoms with Gasteiger partial charge in [0.1, 0.15) is 0 Å². The SMILES string of the molecule is O[C@](c1ccccc1)(c1nnc(C[N+]23CCC(CC2)[C@@H](Sc2cccc(Cl)c2)C3)o1)C1CCCCC1.[Cl-]. The number of hydrogen-bond donors (Lipinski definition) is 1. The van der Waals surface area contributed by atoms with Gasteiger partial charge in [0.25, 0.3) is 11.8 Å². The highest BCUT2D eigenvalue weighted by Crippen LogP contribution is 2.45. The first kappa shape index (κ1) is 27.0. The third-order valence-electron chi connectivity index (χ3n) is 8.80. The fourth-order valence-electron chi connectivity index (χ4n) is 6.80. The van der Waals surface area contributed by atoms with Crippen LogP contribution in [0.5, 0.6) is 0 Å². The Morgan fingerprint density at radius 3 is 2.46 bits per heavy atom. The van der Waals surface area contributed by atoms with Gasteiger partial charge in [-0.15, -0.1) is 22.0 Å². The average molecular weight is 561 g/mol. The number of hydrogen-bond acceptors (Lipinski definition) is 5. The lowest BCUT2D eigenvalue weighted by Crippen LogP contribution is -3.00. The van der Waals surface area contributed by atoms with Crippen LogP contribution in [0.15, 0.2) is 63.9 Å². The van der Waals surface area contributed by atoms with Gasteiger partial charge >= 0.3 is 0 Å². The zero-order valence-electron chi connectivity index (χ0n) is 21.1. The topological polar surface area (TPSA) is 59.2 Å². The van der Waals surface area contributed by atoms with Crippen molar-refractivity contribution in [1.29, 1.82) is 0 Å². The van der Waals surface area contributed by atoms with E-state index in [0.717, 1.165) is 72.8 Å². The molecule has 2 bridgehead atoms. The van der Waals surface area contributed by atoms with Crippen molar-refractivity contribution in [2.45, 2.75) is 67.2 Å². The number of aromatic nitrogens is 2. The predicted molar refractivity (Wildman–Crippen MR) is 143 cm³/mol. The maximum absolute atomic E-state index is 12.1. The van der Waals surface area contributed by atoms with Crippen molar-refractivity contribution < 1.29 is 26.4 Å². The summed E-state index contributed by atoms with van der Waals surface area (Å²) in [5.74, 6) is 1.87. The van der Waals surface area contributed by atoms with Gasteiger partial charge in [-0.1, -0.05) is 67.3 Å². The third-order valence-corrected chi connectivity index (χ3v) is 10.4. The van der Waals surface area contributed by atoms with E-state index in [1.54, 1.807) is 0 Å². The van der Waals surface area contributed by atoms with Crippen LogP contribution in [-0.2, 0) is 12.1 Å². The molecular weight excluding hydrogens is 525 g/mol. The summed E-state index contributed by atoms with van der Waals surface area (Å²) in [6, 6.07) is 18.2. The molecule has 4 aliphatic rings. The van der Waals surface area contributed by atoms with Gasteiger partial charge in [-0.25, -0.2) is 0 Å². The Morgan fingerprint density at radius 1 is 0.973 bits per heavy atom. The van der Waals surface area contributed by atoms with Crippen LogP contribution in [0, 0.1) is 11.8 Å². The summed E-state index contributed by atoms with van der Waals surface area (Å²) >= 11 is 8.22. The second-order valence-corrected chi connectivity index (χ2v) is 12.8. The molecule has 0 unspecified atom stereocenters. The third kappa shape index (κ3) is 5.46. The quantitative estimate of drug-likeness (QED) is 0.449. The standard InChI is InChI=1S/C29H35ClN3O2S.ClH/c30-24-12-7-13-25(18-24)36-26-19-33(16-14-21(26)15-17-33)20-27-31-32-28(35-27)29(34,22-8-3-1-4-9-22)23-10-5-2-6-11-23;/h1,3-4,7-9,12-13,18,21,23,26,34H,2,5-6,10-11,14-17,19-20H2;1H/q+1;/p-1/t21?,26-,29-,33?;/m0./s1. The van der Waals surface area contributed by atoms with Crippen molar-refractivity contribution in [3.8, 4) is 0 Å². The molecule has 0 spiro atoms. The van der Waals surface area contributed by atoms with Crippen LogP contribution in [0.2, 0.25) is 5.02 Å². The Balaban J connectivity index is 0.00000280. The predicted octanol–water partition coefficient (Wildman–Crippen LogP) is 3.44. The molecule has 2 aromatic carbocycles. The Labute approximate surface area is 235 Å². The largest absolute Gasteiger partial charge is 1.00 e. The second kappa shape index (κ2) is 11.3. The number of fused-ring (bicyclic) bond motifs is 3. The number of benzene rings is 2. The van der Waals surface area contributed by atoms with E-state index in [-0.39, 0.29) is 18.3 Å². The minimum absolute atomic E-state index is 0. The van der Waals surface area contributed by atoms with E-state index in [4.69, 9.17) is 16.0 Å². The van der Waals surface area contributed by atoms with Crippen molar-refractivity contribution in [1.82, 2.24) is 10.2 Å². The lowest BCUT2D eigenvalue weighted by Gasteiger charge is -2.51. The van der Waals surface area contributed by atoms with E-state index >= 15 is 0 Å². The van der Waals surface area contributed by atoms with Gasteiger partial charge in [0.05, 0.1) is 24.9 Å². The van der Waals surface area contributed by atoms with E-state index in [2.05, 4.69) is 22.3 Å². The molecule has 2 atom stereocenters. The van der Waals surface area contributed by atoms with Gasteiger partial charge in [-0.05, 0) is 42.5 Å². The van der Waals surface area contributed by atoms with Gasteiger partial charge in [0.2, 0.25) is 0 Å². The van der Waals surface area contributed by atoms with Crippen LogP contribution in [0.25, 0.3) is 0 Å². The molecule has 0 amide bonds. The van der Waals surface area contributed by atoms with Gasteiger partial charge in [0.15, 0.2) is 12.1 Å². The fourth-order valence-corrected chi connectivity index (χ4v) is 8.61. The summed E-state index contributed by atoms with van der Waals surface area (Å²) in [4.78, 5) is 1.25. The highest BCUT2D eigenvalue weighted by atomic mass is 35.5. The van der Waals surface area contributed by atoms with E-state index in [1.807, 2.05) is 54.2 Å². The van der Waals surface area contributed by atoms with Crippen LogP contribution in [-0.4, -0.2) is 44.7 Å². The Kier molecular flexibility index (Phi) is 8.23. The number of piperidine rings is 3. The molecule has 4 heterocycles. The van der Waals surface area contributed by atoms with Gasteiger partial charge in [-0.3, -0.25) is 0 Å². The second-order valence-electron chi connectivity index (χ2n) is 11.0. The zero-order chi connectivity index (χ0) is 24.6. The number of nitrogens with zero attached hydrogens (tertiary/aromatic N) is 3. The summed E-state index contributed by atoms with van der Waals surface area (Å²) in [5.41, 5.74) is -0.372. The molecule has 8 heteroatoms. The summed E-state index contributed by atoms with van der Waals surface area (Å²) < 4.78 is 7.35. The Morgan fingerprint density at radius 2 is 1.73 bits per heavy atom. The van der Waals surface area contributed by atoms with E-state index in [0.29, 0.717) is 17.0 Å². The fraction of sp³-hybridized carbons (Fsp3) is 0.517. The van der Waals surface area contributed by atoms with E-state index < -0.39 is 5.60 Å². The number of aliphatic hydroxyl groups is 1. The van der Waals surface area contributed by atoms with Crippen molar-refractivity contribution in [2.24, 2.45) is 11.8 Å². The maximum atomic E-state index is 12.1. The van der Waals surface area contributed by atoms with Crippen LogP contribution >= 0.6 is 23.4 Å². The highest BCUT2D eigenvalue weighted by Gasteiger charge is 2.48. The molecule has 1 aliphatic carbocycles. The van der Waals surface area contributed by atoms with Gasteiger partial charge < -0.3 is 26.4 Å². The molecule has 1 saturated carbocycles. The Hall–Kier alpha value is -1.57. The zero-order valence-corrected chi connectivity index (χ0v) is 23.4. The number of quaternary nitrogens is 1. The maximum Gasteiger partial charge on any atom is 0.271 e. The molecule has 7 rings (SSSR count). The minimum atomic E-state index is -1.23. The molecule has 1 aromatic heterocycles. The highest BCUT2D eigenvalue weighted by molar-refractivity contribution is 8.00. The molecule has 37 heavy (non-hydrogen) atoms. The molecule has 1 N–H and O–H groups in total. The molecular formula is C29H35Cl2N3O2S. The van der Waals surface area contributed by atoms with Gasteiger partial charge in [0, 0.05) is 28.7 Å². The molecule has 0 radical (unpaired) electrons. The van der Waals surface area contributed by atoms with E-state index in [9.17, 15) is 5.11 Å². The first-order valence-electron chi connectivity index (χ1n) is 13.4. The van der Waals surface area contributed by atoms with Crippen LogP contribution in [0.1, 0.15) is 62.3 Å². The lowest BCUT2D eigenvalue weighted by molar-refractivity contribution is -0.955. The lowest BCUT2D eigenvalue weighted by atomic mass is 9.73. The van der Waals surface area contributed by atoms with Crippen molar-refractivity contribution in [2.75, 3.05) is 19.6 Å². The summed E-state index contributed by atoms with van der Waals surface area (Å²) in [5, 5.41) is 22.5. The molecule has 5 nitrogen and oxygen atoms in total. The smallest absolute Gasteiger partial charge is 0.271 e. The summed E-state index contributed by atoms with van der Waals surface area (Å²) in [6.45, 7) is 4.15. The first-order chi connectivity index (χ1) is 17.5. The minimum Gasteiger partial charge on any atom is -1.00 e. The molecule has 198 valence electrons. The van der Waals surface area contributed by atoms with Crippen LogP contribution in [0.4, 0.5) is 0 Å². The van der Waals surface area contributed by atoms with Crippen molar-refractivity contribution >= 4 is 23.4 Å². The van der Waals surface area contributed by atoms with Gasteiger partial charge in [-0.2, -0.15) is 0 Å². The van der Waals surface area contributed by atoms with Crippen molar-refractivity contribution in [3.05, 3.63) is 77.0 Å². The molecule has 3 aromatic rings. The van der Waals surface area contributed by atoms with E-state index in [1.165, 1.54) is 24.2 Å². The average Bonchev–Trinajstić information content (AvgIpc) is 3.38.